The van der Waals surface area contributed by atoms with E-state index in [2.05, 4.69) is 5.32 Å². The number of alkyl halides is 3. The number of hydrogen-bond acceptors (Lipinski definition) is 5. The second-order valence-corrected chi connectivity index (χ2v) is 4.61. The predicted molar refractivity (Wildman–Crippen MR) is 79.4 cm³/mol. The van der Waals surface area contributed by atoms with E-state index in [0.717, 1.165) is 6.07 Å². The van der Waals surface area contributed by atoms with E-state index in [1.54, 1.807) is 0 Å². The Balaban J connectivity index is 2.23. The molecule has 0 fully saturated rings. The van der Waals surface area contributed by atoms with E-state index >= 15 is 0 Å². The van der Waals surface area contributed by atoms with Gasteiger partial charge < -0.3 is 10.1 Å². The lowest BCUT2D eigenvalue weighted by molar-refractivity contribution is -0.388. The number of ether oxygens (including phenoxy) is 1. The van der Waals surface area contributed by atoms with Crippen molar-refractivity contribution in [3.05, 3.63) is 58.1 Å². The molecular formula is C15H11F3N2O4. The number of carbonyl (C=O) groups is 1. The highest BCUT2D eigenvalue weighted by atomic mass is 19.4. The fraction of sp³-hybridized carbons (Fsp3) is 0.133. The Morgan fingerprint density at radius 2 is 1.75 bits per heavy atom. The molecule has 0 spiro atoms. The molecule has 2 aromatic carbocycles. The normalized spacial score (nSPS) is 11.0. The number of carbonyl (C=O) groups excluding carboxylic acids is 1. The van der Waals surface area contributed by atoms with Gasteiger partial charge in [0.15, 0.2) is 6.29 Å². The average Bonchev–Trinajstić information content (AvgIpc) is 2.53. The average molecular weight is 340 g/mol. The Labute approximate surface area is 134 Å². The molecule has 126 valence electrons. The molecule has 0 radical (unpaired) electrons. The second kappa shape index (κ2) is 6.99. The summed E-state index contributed by atoms with van der Waals surface area (Å²) in [7, 11) is 0. The first-order valence-corrected chi connectivity index (χ1v) is 6.60. The predicted octanol–water partition coefficient (Wildman–Crippen LogP) is 3.93. The van der Waals surface area contributed by atoms with Gasteiger partial charge in [0.2, 0.25) is 0 Å². The Morgan fingerprint density at radius 1 is 1.12 bits per heavy atom. The number of nitrogens with one attached hydrogen (secondary N) is 1. The molecule has 0 saturated heterocycles. The molecule has 24 heavy (non-hydrogen) atoms. The topological polar surface area (TPSA) is 81.5 Å². The minimum atomic E-state index is -4.84. The number of halogens is 3. The Bertz CT molecular complexity index is 745. The summed E-state index contributed by atoms with van der Waals surface area (Å²) in [6.07, 6.45) is -4.26. The number of anilines is 2. The van der Waals surface area contributed by atoms with Crippen LogP contribution in [-0.4, -0.2) is 17.8 Å². The van der Waals surface area contributed by atoms with E-state index < -0.39 is 22.4 Å². The number of nitrogens with zero attached hydrogens (tertiary/aromatic N) is 1. The highest BCUT2D eigenvalue weighted by molar-refractivity contribution is 5.64. The molecule has 1 N–H and O–H groups in total. The third kappa shape index (κ3) is 4.22. The summed E-state index contributed by atoms with van der Waals surface area (Å²) in [5, 5.41) is 13.4. The van der Waals surface area contributed by atoms with Gasteiger partial charge >= 0.3 is 6.18 Å². The van der Waals surface area contributed by atoms with Gasteiger partial charge in [-0.05, 0) is 36.4 Å². The van der Waals surface area contributed by atoms with Crippen LogP contribution in [0, 0.1) is 10.1 Å². The molecule has 6 nitrogen and oxygen atoms in total. The van der Waals surface area contributed by atoms with Crippen LogP contribution in [0.15, 0.2) is 42.5 Å². The van der Waals surface area contributed by atoms with Crippen molar-refractivity contribution in [2.24, 2.45) is 0 Å². The first kappa shape index (κ1) is 17.3. The summed E-state index contributed by atoms with van der Waals surface area (Å²) < 4.78 is 43.8. The van der Waals surface area contributed by atoms with E-state index in [-0.39, 0.29) is 12.3 Å². The van der Waals surface area contributed by atoms with Crippen LogP contribution >= 0.6 is 0 Å². The number of rotatable bonds is 6. The van der Waals surface area contributed by atoms with E-state index in [1.807, 2.05) is 0 Å². The zero-order chi connectivity index (χ0) is 17.7. The van der Waals surface area contributed by atoms with Crippen LogP contribution in [0.2, 0.25) is 0 Å². The number of nitro benzene ring substituents is 1. The molecule has 0 atom stereocenters. The molecule has 9 heteroatoms. The SMILES string of the molecule is O=CCOc1ccc(Nc2ccc([N+](=O)[O-])c(C(F)(F)F)c2)cc1. The highest BCUT2D eigenvalue weighted by Gasteiger charge is 2.38. The quantitative estimate of drug-likeness (QED) is 0.489. The summed E-state index contributed by atoms with van der Waals surface area (Å²) in [4.78, 5) is 19.8. The van der Waals surface area contributed by atoms with Crippen molar-refractivity contribution >= 4 is 23.3 Å². The van der Waals surface area contributed by atoms with Gasteiger partial charge in [0.25, 0.3) is 5.69 Å². The Kier molecular flexibility index (Phi) is 5.02. The van der Waals surface area contributed by atoms with Crippen molar-refractivity contribution in [2.75, 3.05) is 11.9 Å². The van der Waals surface area contributed by atoms with Crippen LogP contribution in [0.1, 0.15) is 5.56 Å². The summed E-state index contributed by atoms with van der Waals surface area (Å²) in [6.45, 7) is -0.107. The van der Waals surface area contributed by atoms with E-state index in [9.17, 15) is 28.1 Å². The number of hydrogen-bond donors (Lipinski definition) is 1. The van der Waals surface area contributed by atoms with Crippen molar-refractivity contribution in [2.45, 2.75) is 6.18 Å². The standard InChI is InChI=1S/C15H11F3N2O4/c16-15(17,18)13-9-11(3-6-14(13)20(22)23)19-10-1-4-12(5-2-10)24-8-7-21/h1-7,9,19H,8H2. The maximum Gasteiger partial charge on any atom is 0.423 e. The van der Waals surface area contributed by atoms with Gasteiger partial charge in [0.05, 0.1) is 4.92 Å². The van der Waals surface area contributed by atoms with Gasteiger partial charge in [-0.3, -0.25) is 14.9 Å². The molecule has 2 aromatic rings. The lowest BCUT2D eigenvalue weighted by Gasteiger charge is -2.11. The summed E-state index contributed by atoms with van der Waals surface area (Å²) in [5.74, 6) is 0.423. The summed E-state index contributed by atoms with van der Waals surface area (Å²) in [6, 6.07) is 8.79. The van der Waals surface area contributed by atoms with Crippen molar-refractivity contribution in [1.82, 2.24) is 0 Å². The van der Waals surface area contributed by atoms with Crippen LogP contribution in [0.25, 0.3) is 0 Å². The molecule has 0 aliphatic carbocycles. The number of benzene rings is 2. The van der Waals surface area contributed by atoms with Gasteiger partial charge in [0.1, 0.15) is 17.9 Å². The van der Waals surface area contributed by atoms with Crippen molar-refractivity contribution < 1.29 is 27.6 Å². The van der Waals surface area contributed by atoms with E-state index in [1.165, 1.54) is 30.3 Å². The Morgan fingerprint density at radius 3 is 2.29 bits per heavy atom. The first-order valence-electron chi connectivity index (χ1n) is 6.60. The van der Waals surface area contributed by atoms with Crippen LogP contribution < -0.4 is 10.1 Å². The van der Waals surface area contributed by atoms with Crippen molar-refractivity contribution in [3.8, 4) is 5.75 Å². The number of nitro groups is 1. The molecule has 2 rings (SSSR count). The second-order valence-electron chi connectivity index (χ2n) is 4.61. The minimum absolute atomic E-state index is 0.0504. The van der Waals surface area contributed by atoms with E-state index in [0.29, 0.717) is 23.8 Å². The lowest BCUT2D eigenvalue weighted by atomic mass is 10.1. The minimum Gasteiger partial charge on any atom is -0.486 e. The third-order valence-electron chi connectivity index (χ3n) is 2.96. The first-order chi connectivity index (χ1) is 11.3. The molecular weight excluding hydrogens is 329 g/mol. The molecule has 0 amide bonds. The summed E-state index contributed by atoms with van der Waals surface area (Å²) in [5.41, 5.74) is -1.83. The van der Waals surface area contributed by atoms with Crippen LogP contribution in [0.4, 0.5) is 30.2 Å². The zero-order valence-corrected chi connectivity index (χ0v) is 12.0. The van der Waals surface area contributed by atoms with Crippen LogP contribution in [-0.2, 0) is 11.0 Å². The van der Waals surface area contributed by atoms with Crippen LogP contribution in [0.5, 0.6) is 5.75 Å². The van der Waals surface area contributed by atoms with E-state index in [4.69, 9.17) is 4.74 Å². The molecule has 0 aliphatic heterocycles. The highest BCUT2D eigenvalue weighted by Crippen LogP contribution is 2.38. The fourth-order valence-electron chi connectivity index (χ4n) is 1.93. The van der Waals surface area contributed by atoms with Gasteiger partial charge in [-0.1, -0.05) is 0 Å². The van der Waals surface area contributed by atoms with Gasteiger partial charge in [-0.2, -0.15) is 13.2 Å². The van der Waals surface area contributed by atoms with Crippen molar-refractivity contribution in [1.29, 1.82) is 0 Å². The largest absolute Gasteiger partial charge is 0.486 e. The molecule has 0 bridgehead atoms. The lowest BCUT2D eigenvalue weighted by Crippen LogP contribution is -2.09. The maximum absolute atomic E-state index is 12.9. The summed E-state index contributed by atoms with van der Waals surface area (Å²) >= 11 is 0. The van der Waals surface area contributed by atoms with Crippen LogP contribution in [0.3, 0.4) is 0 Å². The zero-order valence-electron chi connectivity index (χ0n) is 12.0. The monoisotopic (exact) mass is 340 g/mol. The molecule has 0 aromatic heterocycles. The van der Waals surface area contributed by atoms with Crippen molar-refractivity contribution in [3.63, 3.8) is 0 Å². The van der Waals surface area contributed by atoms with Gasteiger partial charge in [0, 0.05) is 17.4 Å². The Hall–Kier alpha value is -3.10. The molecule has 0 aliphatic rings. The smallest absolute Gasteiger partial charge is 0.423 e. The van der Waals surface area contributed by atoms with Gasteiger partial charge in [-0.25, -0.2) is 0 Å². The third-order valence-corrected chi connectivity index (χ3v) is 2.96. The molecule has 0 heterocycles. The maximum atomic E-state index is 12.9. The number of aldehydes is 1. The van der Waals surface area contributed by atoms with Gasteiger partial charge in [-0.15, -0.1) is 0 Å². The molecule has 0 saturated carbocycles. The fourth-order valence-corrected chi connectivity index (χ4v) is 1.93. The molecule has 0 unspecified atom stereocenters.